The SMILES string of the molecule is O=C(N[C@H]1CCS(=O)(=O)C1)c1ccc(NS(=O)(=O)c2ccc(F)cc2)cc1. The van der Waals surface area contributed by atoms with Crippen LogP contribution in [-0.4, -0.2) is 40.3 Å². The molecular weight excluding hydrogens is 395 g/mol. The van der Waals surface area contributed by atoms with Crippen LogP contribution in [0.1, 0.15) is 16.8 Å². The summed E-state index contributed by atoms with van der Waals surface area (Å²) in [4.78, 5) is 12.1. The first kappa shape index (κ1) is 19.3. The van der Waals surface area contributed by atoms with Gasteiger partial charge in [-0.2, -0.15) is 0 Å². The van der Waals surface area contributed by atoms with E-state index in [0.717, 1.165) is 24.3 Å². The van der Waals surface area contributed by atoms with Gasteiger partial charge in [-0.15, -0.1) is 0 Å². The zero-order valence-corrected chi connectivity index (χ0v) is 15.7. The minimum Gasteiger partial charge on any atom is -0.348 e. The summed E-state index contributed by atoms with van der Waals surface area (Å²) in [5, 5.41) is 2.66. The molecule has 0 aromatic heterocycles. The zero-order chi connectivity index (χ0) is 19.7. The molecule has 27 heavy (non-hydrogen) atoms. The number of rotatable bonds is 5. The molecular formula is C17H17FN2O5S2. The van der Waals surface area contributed by atoms with E-state index in [-0.39, 0.29) is 27.7 Å². The van der Waals surface area contributed by atoms with Gasteiger partial charge in [0.1, 0.15) is 5.82 Å². The van der Waals surface area contributed by atoms with Gasteiger partial charge in [-0.3, -0.25) is 9.52 Å². The highest BCUT2D eigenvalue weighted by molar-refractivity contribution is 7.92. The number of hydrogen-bond acceptors (Lipinski definition) is 5. The van der Waals surface area contributed by atoms with E-state index >= 15 is 0 Å². The van der Waals surface area contributed by atoms with Gasteiger partial charge in [-0.05, 0) is 55.0 Å². The third kappa shape index (κ3) is 4.83. The fourth-order valence-corrected chi connectivity index (χ4v) is 5.43. The van der Waals surface area contributed by atoms with Crippen molar-refractivity contribution in [2.75, 3.05) is 16.2 Å². The molecule has 2 aromatic carbocycles. The van der Waals surface area contributed by atoms with Crippen molar-refractivity contribution in [3.8, 4) is 0 Å². The summed E-state index contributed by atoms with van der Waals surface area (Å²) < 4.78 is 62.6. The summed E-state index contributed by atoms with van der Waals surface area (Å²) >= 11 is 0. The number of carbonyl (C=O) groups excluding carboxylic acids is 1. The van der Waals surface area contributed by atoms with Gasteiger partial charge in [0.25, 0.3) is 15.9 Å². The van der Waals surface area contributed by atoms with E-state index in [4.69, 9.17) is 0 Å². The highest BCUT2D eigenvalue weighted by Crippen LogP contribution is 2.18. The third-order valence-corrected chi connectivity index (χ3v) is 7.26. The highest BCUT2D eigenvalue weighted by Gasteiger charge is 2.29. The molecule has 2 aromatic rings. The van der Waals surface area contributed by atoms with Crippen LogP contribution in [0.3, 0.4) is 0 Å². The van der Waals surface area contributed by atoms with Crippen LogP contribution in [0.4, 0.5) is 10.1 Å². The summed E-state index contributed by atoms with van der Waals surface area (Å²) in [6, 6.07) is 9.67. The topological polar surface area (TPSA) is 109 Å². The lowest BCUT2D eigenvalue weighted by Gasteiger charge is -2.12. The second kappa shape index (κ2) is 7.28. The monoisotopic (exact) mass is 412 g/mol. The Hall–Kier alpha value is -2.46. The van der Waals surface area contributed by atoms with Crippen molar-refractivity contribution in [1.29, 1.82) is 0 Å². The summed E-state index contributed by atoms with van der Waals surface area (Å²) in [6.45, 7) is 0. The minimum atomic E-state index is -3.88. The molecule has 0 radical (unpaired) electrons. The molecule has 144 valence electrons. The minimum absolute atomic E-state index is 0.0576. The van der Waals surface area contributed by atoms with Gasteiger partial charge < -0.3 is 5.32 Å². The van der Waals surface area contributed by atoms with Crippen LogP contribution in [0.2, 0.25) is 0 Å². The standard InChI is InChI=1S/C17H17FN2O5S2/c18-13-3-7-16(8-4-13)27(24,25)20-14-5-1-12(2-6-14)17(21)19-15-9-10-26(22,23)11-15/h1-8,15,20H,9-11H2,(H,19,21)/t15-/m0/s1. The van der Waals surface area contributed by atoms with Crippen LogP contribution in [0.15, 0.2) is 53.4 Å². The van der Waals surface area contributed by atoms with Gasteiger partial charge in [0.2, 0.25) is 0 Å². The lowest BCUT2D eigenvalue weighted by atomic mass is 10.1. The van der Waals surface area contributed by atoms with E-state index in [1.54, 1.807) is 0 Å². The van der Waals surface area contributed by atoms with Crippen molar-refractivity contribution in [2.24, 2.45) is 0 Å². The Morgan fingerprint density at radius 1 is 1.04 bits per heavy atom. The molecule has 10 heteroatoms. The van der Waals surface area contributed by atoms with Crippen molar-refractivity contribution in [3.05, 3.63) is 59.9 Å². The second-order valence-electron chi connectivity index (χ2n) is 6.21. The lowest BCUT2D eigenvalue weighted by molar-refractivity contribution is 0.0941. The molecule has 0 bridgehead atoms. The first-order chi connectivity index (χ1) is 12.6. The second-order valence-corrected chi connectivity index (χ2v) is 10.1. The van der Waals surface area contributed by atoms with E-state index in [2.05, 4.69) is 10.0 Å². The predicted molar refractivity (Wildman–Crippen MR) is 98.2 cm³/mol. The van der Waals surface area contributed by atoms with Gasteiger partial charge in [-0.1, -0.05) is 0 Å². The zero-order valence-electron chi connectivity index (χ0n) is 14.1. The lowest BCUT2D eigenvalue weighted by Crippen LogP contribution is -2.35. The maximum Gasteiger partial charge on any atom is 0.261 e. The van der Waals surface area contributed by atoms with Crippen molar-refractivity contribution >= 4 is 31.5 Å². The molecule has 0 unspecified atom stereocenters. The van der Waals surface area contributed by atoms with E-state index in [0.29, 0.717) is 6.42 Å². The Morgan fingerprint density at radius 3 is 2.22 bits per heavy atom. The van der Waals surface area contributed by atoms with E-state index in [1.807, 2.05) is 0 Å². The number of sulfonamides is 1. The van der Waals surface area contributed by atoms with Crippen LogP contribution in [-0.2, 0) is 19.9 Å². The quantitative estimate of drug-likeness (QED) is 0.774. The van der Waals surface area contributed by atoms with Gasteiger partial charge >= 0.3 is 0 Å². The number of carbonyl (C=O) groups is 1. The molecule has 3 rings (SSSR count). The first-order valence-corrected chi connectivity index (χ1v) is 11.3. The number of sulfone groups is 1. The molecule has 0 aliphatic carbocycles. The maximum absolute atomic E-state index is 12.9. The van der Waals surface area contributed by atoms with Gasteiger partial charge in [0, 0.05) is 17.3 Å². The van der Waals surface area contributed by atoms with Gasteiger partial charge in [-0.25, -0.2) is 21.2 Å². The average molecular weight is 412 g/mol. The Balaban J connectivity index is 1.66. The van der Waals surface area contributed by atoms with Crippen molar-refractivity contribution in [1.82, 2.24) is 5.32 Å². The van der Waals surface area contributed by atoms with E-state index < -0.39 is 37.6 Å². The van der Waals surface area contributed by atoms with Crippen LogP contribution >= 0.6 is 0 Å². The summed E-state index contributed by atoms with van der Waals surface area (Å²) in [5.74, 6) is -0.986. The number of nitrogens with one attached hydrogen (secondary N) is 2. The fourth-order valence-electron chi connectivity index (χ4n) is 2.70. The van der Waals surface area contributed by atoms with Crippen LogP contribution in [0.25, 0.3) is 0 Å². The Morgan fingerprint density at radius 2 is 1.67 bits per heavy atom. The number of hydrogen-bond donors (Lipinski definition) is 2. The maximum atomic E-state index is 12.9. The normalized spacial score (nSPS) is 18.8. The van der Waals surface area contributed by atoms with E-state index in [1.165, 1.54) is 24.3 Å². The van der Waals surface area contributed by atoms with Crippen molar-refractivity contribution < 1.29 is 26.0 Å². The smallest absolute Gasteiger partial charge is 0.261 e. The molecule has 0 saturated carbocycles. The summed E-state index contributed by atoms with van der Waals surface area (Å²) in [5.41, 5.74) is 0.517. The van der Waals surface area contributed by atoms with Gasteiger partial charge in [0.15, 0.2) is 9.84 Å². The van der Waals surface area contributed by atoms with Crippen LogP contribution in [0.5, 0.6) is 0 Å². The van der Waals surface area contributed by atoms with Crippen molar-refractivity contribution in [3.63, 3.8) is 0 Å². The third-order valence-electron chi connectivity index (χ3n) is 4.09. The summed E-state index contributed by atoms with van der Waals surface area (Å²) in [7, 11) is -6.97. The highest BCUT2D eigenvalue weighted by atomic mass is 32.2. The van der Waals surface area contributed by atoms with Crippen LogP contribution in [0, 0.1) is 5.82 Å². The molecule has 1 fully saturated rings. The number of amides is 1. The predicted octanol–water partition coefficient (Wildman–Crippen LogP) is 1.54. The molecule has 1 aliphatic rings. The average Bonchev–Trinajstić information content (AvgIpc) is 2.94. The fraction of sp³-hybridized carbons (Fsp3) is 0.235. The van der Waals surface area contributed by atoms with Gasteiger partial charge in [0.05, 0.1) is 16.4 Å². The number of anilines is 1. The summed E-state index contributed by atoms with van der Waals surface area (Å²) in [6.07, 6.45) is 0.379. The van der Waals surface area contributed by atoms with Crippen molar-refractivity contribution in [2.45, 2.75) is 17.4 Å². The van der Waals surface area contributed by atoms with E-state index in [9.17, 15) is 26.0 Å². The Labute approximate surface area is 156 Å². The molecule has 2 N–H and O–H groups in total. The van der Waals surface area contributed by atoms with Crippen LogP contribution < -0.4 is 10.0 Å². The molecule has 1 atom stereocenters. The number of halogens is 1. The molecule has 7 nitrogen and oxygen atoms in total. The Kier molecular flexibility index (Phi) is 5.20. The molecule has 1 heterocycles. The molecule has 0 spiro atoms. The molecule has 1 aliphatic heterocycles. The molecule has 1 amide bonds. The first-order valence-electron chi connectivity index (χ1n) is 8.04. The number of benzene rings is 2. The Bertz CT molecular complexity index is 1050. The largest absolute Gasteiger partial charge is 0.348 e. The molecule has 1 saturated heterocycles.